The molecule has 82 valence electrons. The Kier molecular flexibility index (Phi) is 3.49. The Morgan fingerprint density at radius 3 is 2.50 bits per heavy atom. The average Bonchev–Trinajstić information content (AvgIpc) is 2.41. The number of sulfone groups is 1. The highest BCUT2D eigenvalue weighted by Crippen LogP contribution is 2.28. The predicted molar refractivity (Wildman–Crippen MR) is 49.6 cm³/mol. The molecule has 1 aliphatic heterocycles. The molecular formula is C8H14O5S. The lowest BCUT2D eigenvalue weighted by Gasteiger charge is -2.16. The Bertz CT molecular complexity index is 308. The molecule has 2 N–H and O–H groups in total. The number of hydrogen-bond acceptors (Lipinski definition) is 4. The number of carboxylic acid groups (broad SMARTS) is 1. The zero-order chi connectivity index (χ0) is 10.8. The monoisotopic (exact) mass is 222 g/mol. The molecule has 1 saturated heterocycles. The third-order valence-electron chi connectivity index (χ3n) is 2.59. The van der Waals surface area contributed by atoms with E-state index in [4.69, 9.17) is 10.2 Å². The first-order chi connectivity index (χ1) is 6.46. The number of rotatable bonds is 4. The molecule has 2 unspecified atom stereocenters. The van der Waals surface area contributed by atoms with E-state index in [2.05, 4.69) is 0 Å². The van der Waals surface area contributed by atoms with Gasteiger partial charge in [-0.2, -0.15) is 0 Å². The lowest BCUT2D eigenvalue weighted by atomic mass is 9.89. The Morgan fingerprint density at radius 1 is 1.50 bits per heavy atom. The molecule has 14 heavy (non-hydrogen) atoms. The molecule has 6 heteroatoms. The maximum atomic E-state index is 11.1. The van der Waals surface area contributed by atoms with Gasteiger partial charge in [0, 0.05) is 6.61 Å². The highest BCUT2D eigenvalue weighted by Gasteiger charge is 2.36. The van der Waals surface area contributed by atoms with Crippen molar-refractivity contribution in [1.29, 1.82) is 0 Å². The van der Waals surface area contributed by atoms with E-state index in [1.54, 1.807) is 0 Å². The lowest BCUT2D eigenvalue weighted by molar-refractivity contribution is -0.144. The molecule has 2 atom stereocenters. The minimum Gasteiger partial charge on any atom is -0.481 e. The minimum atomic E-state index is -3.04. The molecule has 0 saturated carbocycles. The van der Waals surface area contributed by atoms with Gasteiger partial charge in [0.1, 0.15) is 0 Å². The van der Waals surface area contributed by atoms with Crippen molar-refractivity contribution < 1.29 is 23.4 Å². The van der Waals surface area contributed by atoms with Crippen molar-refractivity contribution in [2.24, 2.45) is 11.8 Å². The molecule has 1 rings (SSSR count). The van der Waals surface area contributed by atoms with Gasteiger partial charge in [-0.05, 0) is 18.8 Å². The zero-order valence-electron chi connectivity index (χ0n) is 7.72. The summed E-state index contributed by atoms with van der Waals surface area (Å²) in [6.45, 7) is -0.215. The van der Waals surface area contributed by atoms with Crippen LogP contribution in [0.25, 0.3) is 0 Å². The topological polar surface area (TPSA) is 91.7 Å². The van der Waals surface area contributed by atoms with Gasteiger partial charge in [0.05, 0.1) is 17.4 Å². The van der Waals surface area contributed by atoms with E-state index in [9.17, 15) is 13.2 Å². The summed E-state index contributed by atoms with van der Waals surface area (Å²) in [7, 11) is -3.04. The summed E-state index contributed by atoms with van der Waals surface area (Å²) in [6, 6.07) is 0. The van der Waals surface area contributed by atoms with Crippen LogP contribution in [0.5, 0.6) is 0 Å². The molecule has 1 fully saturated rings. The Hall–Kier alpha value is -0.620. The zero-order valence-corrected chi connectivity index (χ0v) is 8.53. The SMILES string of the molecule is O=C(O)C(CCO)C1CCS(=O)(=O)C1. The average molecular weight is 222 g/mol. The van der Waals surface area contributed by atoms with Gasteiger partial charge in [-0.25, -0.2) is 8.42 Å². The van der Waals surface area contributed by atoms with E-state index in [-0.39, 0.29) is 30.5 Å². The van der Waals surface area contributed by atoms with Crippen LogP contribution >= 0.6 is 0 Å². The standard InChI is InChI=1S/C8H14O5S/c9-3-1-7(8(10)11)6-2-4-14(12,13)5-6/h6-7,9H,1-5H2,(H,10,11). The maximum absolute atomic E-state index is 11.1. The summed E-state index contributed by atoms with van der Waals surface area (Å²) in [4.78, 5) is 10.8. The van der Waals surface area contributed by atoms with Gasteiger partial charge < -0.3 is 10.2 Å². The molecule has 0 radical (unpaired) electrons. The van der Waals surface area contributed by atoms with Crippen LogP contribution in [0.1, 0.15) is 12.8 Å². The summed E-state index contributed by atoms with van der Waals surface area (Å²) in [5.41, 5.74) is 0. The van der Waals surface area contributed by atoms with Crippen LogP contribution in [-0.4, -0.2) is 42.7 Å². The van der Waals surface area contributed by atoms with E-state index in [0.29, 0.717) is 6.42 Å². The minimum absolute atomic E-state index is 0.0516. The Labute approximate surface area is 82.7 Å². The summed E-state index contributed by atoms with van der Waals surface area (Å²) in [5, 5.41) is 17.5. The number of aliphatic hydroxyl groups is 1. The van der Waals surface area contributed by atoms with Crippen LogP contribution in [0.2, 0.25) is 0 Å². The van der Waals surface area contributed by atoms with Crippen molar-refractivity contribution >= 4 is 15.8 Å². The summed E-state index contributed by atoms with van der Waals surface area (Å²) >= 11 is 0. The van der Waals surface area contributed by atoms with Gasteiger partial charge in [0.25, 0.3) is 0 Å². The molecule has 5 nitrogen and oxygen atoms in total. The lowest BCUT2D eigenvalue weighted by Crippen LogP contribution is -2.25. The van der Waals surface area contributed by atoms with E-state index in [1.165, 1.54) is 0 Å². The first-order valence-corrected chi connectivity index (χ1v) is 6.32. The van der Waals surface area contributed by atoms with Crippen LogP contribution in [0.4, 0.5) is 0 Å². The van der Waals surface area contributed by atoms with E-state index in [0.717, 1.165) is 0 Å². The molecule has 0 aromatic carbocycles. The third-order valence-corrected chi connectivity index (χ3v) is 4.39. The van der Waals surface area contributed by atoms with Crippen molar-refractivity contribution in [1.82, 2.24) is 0 Å². The number of carbonyl (C=O) groups is 1. The number of hydrogen-bond donors (Lipinski definition) is 2. The normalized spacial score (nSPS) is 27.4. The van der Waals surface area contributed by atoms with Gasteiger partial charge in [-0.15, -0.1) is 0 Å². The first-order valence-electron chi connectivity index (χ1n) is 4.50. The second-order valence-corrected chi connectivity index (χ2v) is 5.85. The molecule has 0 spiro atoms. The molecule has 0 aliphatic carbocycles. The summed E-state index contributed by atoms with van der Waals surface area (Å²) < 4.78 is 22.2. The first kappa shape index (κ1) is 11.5. The second-order valence-electron chi connectivity index (χ2n) is 3.62. The van der Waals surface area contributed by atoms with Crippen LogP contribution in [0.3, 0.4) is 0 Å². The molecule has 1 aliphatic rings. The van der Waals surface area contributed by atoms with Gasteiger partial charge >= 0.3 is 5.97 Å². The van der Waals surface area contributed by atoms with Crippen LogP contribution in [-0.2, 0) is 14.6 Å². The van der Waals surface area contributed by atoms with Gasteiger partial charge in [0.15, 0.2) is 9.84 Å². The van der Waals surface area contributed by atoms with Gasteiger partial charge in [-0.3, -0.25) is 4.79 Å². The fraction of sp³-hybridized carbons (Fsp3) is 0.875. The van der Waals surface area contributed by atoms with Crippen molar-refractivity contribution in [3.8, 4) is 0 Å². The molecule has 1 heterocycles. The van der Waals surface area contributed by atoms with E-state index < -0.39 is 21.7 Å². The second kappa shape index (κ2) is 4.27. The molecule has 0 aromatic rings. The fourth-order valence-corrected chi connectivity index (χ4v) is 3.72. The molecule has 0 bridgehead atoms. The smallest absolute Gasteiger partial charge is 0.306 e. The van der Waals surface area contributed by atoms with Crippen molar-refractivity contribution in [2.45, 2.75) is 12.8 Å². The summed E-state index contributed by atoms with van der Waals surface area (Å²) in [6.07, 6.45) is 0.537. The number of aliphatic carboxylic acids is 1. The van der Waals surface area contributed by atoms with E-state index >= 15 is 0 Å². The molecular weight excluding hydrogens is 208 g/mol. The van der Waals surface area contributed by atoms with Crippen molar-refractivity contribution in [3.05, 3.63) is 0 Å². The fourth-order valence-electron chi connectivity index (χ4n) is 1.84. The van der Waals surface area contributed by atoms with Crippen molar-refractivity contribution in [3.63, 3.8) is 0 Å². The molecule has 0 amide bonds. The van der Waals surface area contributed by atoms with Crippen LogP contribution in [0, 0.1) is 11.8 Å². The molecule has 0 aromatic heterocycles. The van der Waals surface area contributed by atoms with Gasteiger partial charge in [-0.1, -0.05) is 0 Å². The van der Waals surface area contributed by atoms with E-state index in [1.807, 2.05) is 0 Å². The van der Waals surface area contributed by atoms with Crippen LogP contribution in [0.15, 0.2) is 0 Å². The maximum Gasteiger partial charge on any atom is 0.306 e. The Balaban J connectivity index is 2.67. The summed E-state index contributed by atoms with van der Waals surface area (Å²) in [5.74, 6) is -2.04. The van der Waals surface area contributed by atoms with Gasteiger partial charge in [0.2, 0.25) is 0 Å². The van der Waals surface area contributed by atoms with Crippen LogP contribution < -0.4 is 0 Å². The largest absolute Gasteiger partial charge is 0.481 e. The Morgan fingerprint density at radius 2 is 2.14 bits per heavy atom. The highest BCUT2D eigenvalue weighted by atomic mass is 32.2. The highest BCUT2D eigenvalue weighted by molar-refractivity contribution is 7.91. The number of carboxylic acids is 1. The third kappa shape index (κ3) is 2.68. The predicted octanol–water partition coefficient (Wildman–Crippen LogP) is -0.496. The quantitative estimate of drug-likeness (QED) is 0.669. The number of aliphatic hydroxyl groups excluding tert-OH is 1. The van der Waals surface area contributed by atoms with Crippen molar-refractivity contribution in [2.75, 3.05) is 18.1 Å².